The molecule has 0 saturated heterocycles. The maximum absolute atomic E-state index is 13.2. The molecule has 0 unspecified atom stereocenters. The fourth-order valence-corrected chi connectivity index (χ4v) is 2.16. The Bertz CT molecular complexity index is 722. The van der Waals surface area contributed by atoms with Gasteiger partial charge in [-0.2, -0.15) is 0 Å². The molecule has 5 nitrogen and oxygen atoms in total. The van der Waals surface area contributed by atoms with Crippen molar-refractivity contribution in [2.24, 2.45) is 0 Å². The van der Waals surface area contributed by atoms with Crippen LogP contribution in [0.5, 0.6) is 0 Å². The first kappa shape index (κ1) is 16.0. The molecule has 0 atom stereocenters. The van der Waals surface area contributed by atoms with Gasteiger partial charge in [0.2, 0.25) is 0 Å². The number of benzene rings is 2. The van der Waals surface area contributed by atoms with Crippen molar-refractivity contribution in [2.45, 2.75) is 0 Å². The van der Waals surface area contributed by atoms with E-state index >= 15 is 0 Å². The van der Waals surface area contributed by atoms with Crippen molar-refractivity contribution in [1.82, 2.24) is 5.32 Å². The van der Waals surface area contributed by atoms with E-state index in [0.29, 0.717) is 15.8 Å². The van der Waals surface area contributed by atoms with E-state index in [1.807, 2.05) is 0 Å². The summed E-state index contributed by atoms with van der Waals surface area (Å²) in [4.78, 5) is 23.4. The number of carbonyl (C=O) groups excluding carboxylic acids is 2. The summed E-state index contributed by atoms with van der Waals surface area (Å²) in [7, 11) is 1.50. The van der Waals surface area contributed by atoms with E-state index in [9.17, 15) is 14.0 Å². The van der Waals surface area contributed by atoms with E-state index in [4.69, 9.17) is 0 Å². The van der Waals surface area contributed by atoms with Crippen LogP contribution in [0, 0.1) is 5.82 Å². The van der Waals surface area contributed by atoms with Crippen LogP contribution in [0.2, 0.25) is 0 Å². The lowest BCUT2D eigenvalue weighted by molar-refractivity contribution is 0.102. The normalized spacial score (nSPS) is 9.95. The lowest BCUT2D eigenvalue weighted by Gasteiger charge is -2.09. The summed E-state index contributed by atoms with van der Waals surface area (Å²) < 4.78 is 13.7. The van der Waals surface area contributed by atoms with Crippen LogP contribution in [0.25, 0.3) is 0 Å². The molecule has 2 aromatic rings. The Morgan fingerprint density at radius 3 is 2.41 bits per heavy atom. The zero-order valence-electron chi connectivity index (χ0n) is 11.6. The van der Waals surface area contributed by atoms with Crippen LogP contribution in [0.3, 0.4) is 0 Å². The van der Waals surface area contributed by atoms with Crippen LogP contribution in [0.4, 0.5) is 20.6 Å². The van der Waals surface area contributed by atoms with Crippen molar-refractivity contribution >= 4 is 39.2 Å². The second-order valence-corrected chi connectivity index (χ2v) is 5.22. The zero-order chi connectivity index (χ0) is 16.1. The highest BCUT2D eigenvalue weighted by Gasteiger charge is 2.12. The van der Waals surface area contributed by atoms with Gasteiger partial charge in [-0.05, 0) is 52.3 Å². The van der Waals surface area contributed by atoms with Gasteiger partial charge < -0.3 is 16.0 Å². The lowest BCUT2D eigenvalue weighted by Crippen LogP contribution is -2.24. The fraction of sp³-hybridized carbons (Fsp3) is 0.0667. The first-order valence-corrected chi connectivity index (χ1v) is 7.14. The Balaban J connectivity index is 2.16. The van der Waals surface area contributed by atoms with Gasteiger partial charge in [-0.3, -0.25) is 4.79 Å². The SMILES string of the molecule is CNC(=O)Nc1cccc(NC(=O)c2cc(F)ccc2Br)c1. The molecule has 2 aromatic carbocycles. The van der Waals surface area contributed by atoms with Gasteiger partial charge >= 0.3 is 6.03 Å². The van der Waals surface area contributed by atoms with Crippen molar-refractivity contribution in [3.05, 3.63) is 58.3 Å². The van der Waals surface area contributed by atoms with E-state index in [-0.39, 0.29) is 11.6 Å². The standard InChI is InChI=1S/C15H13BrFN3O2/c1-18-15(22)20-11-4-2-3-10(8-11)19-14(21)12-7-9(17)5-6-13(12)16/h2-8H,1H3,(H,19,21)(H2,18,20,22). The number of rotatable bonds is 3. The minimum atomic E-state index is -0.497. The molecule has 0 aliphatic rings. The number of nitrogens with one attached hydrogen (secondary N) is 3. The summed E-state index contributed by atoms with van der Waals surface area (Å²) in [5, 5.41) is 7.67. The second kappa shape index (κ2) is 7.04. The Morgan fingerprint density at radius 2 is 1.73 bits per heavy atom. The van der Waals surface area contributed by atoms with E-state index in [1.165, 1.54) is 19.2 Å². The van der Waals surface area contributed by atoms with E-state index in [1.54, 1.807) is 24.3 Å². The van der Waals surface area contributed by atoms with Gasteiger partial charge in [0, 0.05) is 22.9 Å². The van der Waals surface area contributed by atoms with Gasteiger partial charge in [-0.1, -0.05) is 6.07 Å². The van der Waals surface area contributed by atoms with E-state index in [2.05, 4.69) is 31.9 Å². The largest absolute Gasteiger partial charge is 0.341 e. The number of hydrogen-bond donors (Lipinski definition) is 3. The summed E-state index contributed by atoms with van der Waals surface area (Å²) in [5.41, 5.74) is 1.19. The van der Waals surface area contributed by atoms with Crippen molar-refractivity contribution in [2.75, 3.05) is 17.7 Å². The molecule has 0 saturated carbocycles. The highest BCUT2D eigenvalue weighted by Crippen LogP contribution is 2.21. The van der Waals surface area contributed by atoms with Crippen molar-refractivity contribution in [1.29, 1.82) is 0 Å². The van der Waals surface area contributed by atoms with Crippen LogP contribution in [0.15, 0.2) is 46.9 Å². The second-order valence-electron chi connectivity index (χ2n) is 4.36. The third-order valence-electron chi connectivity index (χ3n) is 2.78. The number of anilines is 2. The predicted octanol–water partition coefficient (Wildman–Crippen LogP) is 3.59. The first-order valence-electron chi connectivity index (χ1n) is 6.35. The molecule has 0 aliphatic carbocycles. The highest BCUT2D eigenvalue weighted by atomic mass is 79.9. The quantitative estimate of drug-likeness (QED) is 0.777. The molecular weight excluding hydrogens is 353 g/mol. The number of halogens is 2. The monoisotopic (exact) mass is 365 g/mol. The van der Waals surface area contributed by atoms with Gasteiger partial charge in [0.25, 0.3) is 5.91 Å². The minimum absolute atomic E-state index is 0.185. The van der Waals surface area contributed by atoms with E-state index in [0.717, 1.165) is 6.07 Å². The smallest absolute Gasteiger partial charge is 0.318 e. The van der Waals surface area contributed by atoms with E-state index < -0.39 is 11.7 Å². The van der Waals surface area contributed by atoms with Crippen molar-refractivity contribution < 1.29 is 14.0 Å². The van der Waals surface area contributed by atoms with Crippen LogP contribution in [0.1, 0.15) is 10.4 Å². The predicted molar refractivity (Wildman–Crippen MR) is 86.6 cm³/mol. The molecular formula is C15H13BrFN3O2. The van der Waals surface area contributed by atoms with Crippen molar-refractivity contribution in [3.63, 3.8) is 0 Å². The molecule has 0 bridgehead atoms. The van der Waals surface area contributed by atoms with Crippen molar-refractivity contribution in [3.8, 4) is 0 Å². The Kier molecular flexibility index (Phi) is 5.11. The third kappa shape index (κ3) is 4.05. The van der Waals surface area contributed by atoms with Gasteiger partial charge in [-0.25, -0.2) is 9.18 Å². The minimum Gasteiger partial charge on any atom is -0.341 e. The molecule has 7 heteroatoms. The fourth-order valence-electron chi connectivity index (χ4n) is 1.74. The van der Waals surface area contributed by atoms with Gasteiger partial charge in [0.05, 0.1) is 5.56 Å². The number of carbonyl (C=O) groups is 2. The Labute approximate surface area is 135 Å². The molecule has 0 radical (unpaired) electrons. The summed E-state index contributed by atoms with van der Waals surface area (Å²) in [5.74, 6) is -0.952. The molecule has 22 heavy (non-hydrogen) atoms. The van der Waals surface area contributed by atoms with Crippen LogP contribution >= 0.6 is 15.9 Å². The molecule has 114 valence electrons. The number of hydrogen-bond acceptors (Lipinski definition) is 2. The third-order valence-corrected chi connectivity index (χ3v) is 3.47. The molecule has 0 aromatic heterocycles. The molecule has 3 N–H and O–H groups in total. The topological polar surface area (TPSA) is 70.2 Å². The van der Waals surface area contributed by atoms with Gasteiger partial charge in [0.15, 0.2) is 0 Å². The zero-order valence-corrected chi connectivity index (χ0v) is 13.2. The summed E-state index contributed by atoms with van der Waals surface area (Å²) in [6.07, 6.45) is 0. The number of amides is 3. The molecule has 0 aliphatic heterocycles. The lowest BCUT2D eigenvalue weighted by atomic mass is 10.2. The summed E-state index contributed by atoms with van der Waals surface area (Å²) >= 11 is 3.21. The first-order chi connectivity index (χ1) is 10.5. The Morgan fingerprint density at radius 1 is 1.05 bits per heavy atom. The molecule has 3 amide bonds. The number of urea groups is 1. The summed E-state index contributed by atoms with van der Waals surface area (Å²) in [6.45, 7) is 0. The van der Waals surface area contributed by atoms with Gasteiger partial charge in [0.1, 0.15) is 5.82 Å². The molecule has 0 fully saturated rings. The van der Waals surface area contributed by atoms with Gasteiger partial charge in [-0.15, -0.1) is 0 Å². The highest BCUT2D eigenvalue weighted by molar-refractivity contribution is 9.10. The summed E-state index contributed by atoms with van der Waals surface area (Å²) in [6, 6.07) is 10.1. The van der Waals surface area contributed by atoms with Crippen LogP contribution < -0.4 is 16.0 Å². The van der Waals surface area contributed by atoms with Crippen LogP contribution in [-0.2, 0) is 0 Å². The molecule has 2 rings (SSSR count). The maximum atomic E-state index is 13.2. The molecule has 0 spiro atoms. The average Bonchev–Trinajstić information content (AvgIpc) is 2.49. The maximum Gasteiger partial charge on any atom is 0.318 e. The molecule has 0 heterocycles. The Hall–Kier alpha value is -2.41. The van der Waals surface area contributed by atoms with Crippen LogP contribution in [-0.4, -0.2) is 19.0 Å². The average molecular weight is 366 g/mol.